The van der Waals surface area contributed by atoms with Crippen LogP contribution < -0.4 is 5.73 Å². The molecule has 1 heterocycles. The molecule has 0 amide bonds. The maximum Gasteiger partial charge on any atom is 0.138 e. The van der Waals surface area contributed by atoms with Gasteiger partial charge in [-0.1, -0.05) is 20.8 Å². The minimum Gasteiger partial charge on any atom is -0.328 e. The fraction of sp³-hybridized carbons (Fsp3) is 0.818. The Morgan fingerprint density at radius 3 is 2.75 bits per heavy atom. The lowest BCUT2D eigenvalue weighted by Crippen LogP contribution is -2.41. The van der Waals surface area contributed by atoms with Crippen molar-refractivity contribution in [1.82, 2.24) is 14.8 Å². The Hall–Kier alpha value is -0.970. The predicted octanol–water partition coefficient (Wildman–Crippen LogP) is 1.55. The van der Waals surface area contributed by atoms with Crippen LogP contribution >= 0.6 is 0 Å². The highest BCUT2D eigenvalue weighted by Gasteiger charge is 2.34. The van der Waals surface area contributed by atoms with E-state index in [1.807, 2.05) is 13.8 Å². The van der Waals surface area contributed by atoms with Crippen molar-refractivity contribution in [3.63, 3.8) is 0 Å². The molecule has 0 saturated carbocycles. The quantitative estimate of drug-likeness (QED) is 0.803. The van der Waals surface area contributed by atoms with Crippen LogP contribution in [-0.2, 0) is 13.0 Å². The number of nitrogens with zero attached hydrogens (tertiary/aromatic N) is 3. The highest BCUT2D eigenvalue weighted by molar-refractivity contribution is 4.97. The van der Waals surface area contributed by atoms with Gasteiger partial charge in [0.25, 0.3) is 0 Å². The van der Waals surface area contributed by atoms with Gasteiger partial charge >= 0.3 is 0 Å². The van der Waals surface area contributed by atoms with Gasteiger partial charge in [0.1, 0.15) is 17.8 Å². The SMILES string of the molecule is CCCn1ncnc1CC(F)(CN)C(C)C. The van der Waals surface area contributed by atoms with Crippen LogP contribution in [0, 0.1) is 5.92 Å². The lowest BCUT2D eigenvalue weighted by atomic mass is 9.89. The van der Waals surface area contributed by atoms with Gasteiger partial charge in [0.15, 0.2) is 0 Å². The number of alkyl halides is 1. The zero-order valence-corrected chi connectivity index (χ0v) is 10.3. The van der Waals surface area contributed by atoms with Crippen molar-refractivity contribution >= 4 is 0 Å². The van der Waals surface area contributed by atoms with Gasteiger partial charge in [0.2, 0.25) is 0 Å². The van der Waals surface area contributed by atoms with Crippen molar-refractivity contribution in [2.24, 2.45) is 11.7 Å². The lowest BCUT2D eigenvalue weighted by Gasteiger charge is -2.27. The van der Waals surface area contributed by atoms with Crippen molar-refractivity contribution in [1.29, 1.82) is 0 Å². The smallest absolute Gasteiger partial charge is 0.138 e. The molecule has 1 rings (SSSR count). The summed E-state index contributed by atoms with van der Waals surface area (Å²) in [5.41, 5.74) is 4.13. The van der Waals surface area contributed by atoms with Gasteiger partial charge in [-0.2, -0.15) is 5.10 Å². The molecule has 1 unspecified atom stereocenters. The van der Waals surface area contributed by atoms with Crippen LogP contribution in [0.4, 0.5) is 4.39 Å². The molecule has 1 atom stereocenters. The molecule has 0 fully saturated rings. The highest BCUT2D eigenvalue weighted by atomic mass is 19.1. The van der Waals surface area contributed by atoms with E-state index in [9.17, 15) is 4.39 Å². The molecule has 16 heavy (non-hydrogen) atoms. The van der Waals surface area contributed by atoms with Crippen LogP contribution in [0.15, 0.2) is 6.33 Å². The third-order valence-corrected chi connectivity index (χ3v) is 2.96. The van der Waals surface area contributed by atoms with Gasteiger partial charge < -0.3 is 5.73 Å². The largest absolute Gasteiger partial charge is 0.328 e. The van der Waals surface area contributed by atoms with Crippen LogP contribution in [0.1, 0.15) is 33.0 Å². The van der Waals surface area contributed by atoms with Crippen LogP contribution in [0.3, 0.4) is 0 Å². The zero-order chi connectivity index (χ0) is 12.2. The first-order valence-electron chi connectivity index (χ1n) is 5.79. The Morgan fingerprint density at radius 2 is 2.25 bits per heavy atom. The van der Waals surface area contributed by atoms with E-state index in [-0.39, 0.29) is 18.9 Å². The molecule has 0 bridgehead atoms. The number of hydrogen-bond donors (Lipinski definition) is 1. The second-order valence-corrected chi connectivity index (χ2v) is 4.47. The second-order valence-electron chi connectivity index (χ2n) is 4.47. The number of rotatable bonds is 6. The Bertz CT molecular complexity index is 324. The second kappa shape index (κ2) is 5.39. The minimum absolute atomic E-state index is 0.0175. The molecule has 1 aromatic rings. The third kappa shape index (κ3) is 2.78. The number of aryl methyl sites for hydroxylation is 1. The molecule has 0 aliphatic rings. The molecule has 0 aromatic carbocycles. The first-order chi connectivity index (χ1) is 7.53. The molecule has 0 radical (unpaired) electrons. The Kier molecular flexibility index (Phi) is 4.41. The molecule has 92 valence electrons. The van der Waals surface area contributed by atoms with Gasteiger partial charge in [0, 0.05) is 19.5 Å². The van der Waals surface area contributed by atoms with Gasteiger partial charge in [-0.05, 0) is 12.3 Å². The molecule has 0 aliphatic carbocycles. The van der Waals surface area contributed by atoms with E-state index < -0.39 is 5.67 Å². The first-order valence-corrected chi connectivity index (χ1v) is 5.79. The van der Waals surface area contributed by atoms with Crippen LogP contribution in [0.25, 0.3) is 0 Å². The van der Waals surface area contributed by atoms with E-state index in [2.05, 4.69) is 17.0 Å². The molecule has 5 heteroatoms. The summed E-state index contributed by atoms with van der Waals surface area (Å²) in [4.78, 5) is 4.11. The van der Waals surface area contributed by atoms with Crippen molar-refractivity contribution < 1.29 is 4.39 Å². The summed E-state index contributed by atoms with van der Waals surface area (Å²) in [6.07, 6.45) is 2.67. The van der Waals surface area contributed by atoms with E-state index in [0.717, 1.165) is 13.0 Å². The fourth-order valence-corrected chi connectivity index (χ4v) is 1.60. The molecule has 4 nitrogen and oxygen atoms in total. The van der Waals surface area contributed by atoms with Crippen molar-refractivity contribution in [3.05, 3.63) is 12.2 Å². The highest BCUT2D eigenvalue weighted by Crippen LogP contribution is 2.25. The van der Waals surface area contributed by atoms with Crippen molar-refractivity contribution in [3.8, 4) is 0 Å². The minimum atomic E-state index is -1.39. The van der Waals surface area contributed by atoms with E-state index in [0.29, 0.717) is 5.82 Å². The summed E-state index contributed by atoms with van der Waals surface area (Å²) in [7, 11) is 0. The predicted molar refractivity (Wildman–Crippen MR) is 61.7 cm³/mol. The summed E-state index contributed by atoms with van der Waals surface area (Å²) < 4.78 is 16.2. The normalized spacial score (nSPS) is 15.4. The third-order valence-electron chi connectivity index (χ3n) is 2.96. The zero-order valence-electron chi connectivity index (χ0n) is 10.3. The average Bonchev–Trinajstić information content (AvgIpc) is 2.66. The molecule has 0 saturated heterocycles. The average molecular weight is 228 g/mol. The number of hydrogen-bond acceptors (Lipinski definition) is 3. The van der Waals surface area contributed by atoms with Crippen molar-refractivity contribution in [2.75, 3.05) is 6.54 Å². The summed E-state index contributed by atoms with van der Waals surface area (Å²) in [5, 5.41) is 4.08. The van der Waals surface area contributed by atoms with E-state index in [1.165, 1.54) is 6.33 Å². The van der Waals surface area contributed by atoms with Crippen molar-refractivity contribution in [2.45, 2.75) is 45.8 Å². The molecular weight excluding hydrogens is 207 g/mol. The van der Waals surface area contributed by atoms with E-state index in [4.69, 9.17) is 5.73 Å². The fourth-order valence-electron chi connectivity index (χ4n) is 1.60. The summed E-state index contributed by atoms with van der Waals surface area (Å²) in [6.45, 7) is 6.53. The summed E-state index contributed by atoms with van der Waals surface area (Å²) in [5.74, 6) is 0.563. The lowest BCUT2D eigenvalue weighted by molar-refractivity contribution is 0.106. The summed E-state index contributed by atoms with van der Waals surface area (Å²) in [6, 6.07) is 0. The first kappa shape index (κ1) is 13.1. The standard InChI is InChI=1S/C11H21FN4/c1-4-5-16-10(14-8-15-16)6-11(12,7-13)9(2)3/h8-9H,4-7,13H2,1-3H3. The molecule has 0 spiro atoms. The Labute approximate surface area is 96.0 Å². The number of nitrogens with two attached hydrogens (primary N) is 1. The molecule has 1 aromatic heterocycles. The maximum absolute atomic E-state index is 14.4. The number of aromatic nitrogens is 3. The van der Waals surface area contributed by atoms with E-state index in [1.54, 1.807) is 4.68 Å². The van der Waals surface area contributed by atoms with Gasteiger partial charge in [0.05, 0.1) is 0 Å². The molecule has 0 aliphatic heterocycles. The number of halogens is 1. The van der Waals surface area contributed by atoms with Gasteiger partial charge in [-0.25, -0.2) is 14.1 Å². The van der Waals surface area contributed by atoms with E-state index >= 15 is 0 Å². The van der Waals surface area contributed by atoms with Gasteiger partial charge in [-0.3, -0.25) is 0 Å². The molecule has 2 N–H and O–H groups in total. The maximum atomic E-state index is 14.4. The van der Waals surface area contributed by atoms with Gasteiger partial charge in [-0.15, -0.1) is 0 Å². The Balaban J connectivity index is 2.81. The van der Waals surface area contributed by atoms with Crippen LogP contribution in [0.2, 0.25) is 0 Å². The summed E-state index contributed by atoms with van der Waals surface area (Å²) >= 11 is 0. The van der Waals surface area contributed by atoms with Crippen LogP contribution in [-0.4, -0.2) is 27.0 Å². The van der Waals surface area contributed by atoms with Crippen LogP contribution in [0.5, 0.6) is 0 Å². The monoisotopic (exact) mass is 228 g/mol. The topological polar surface area (TPSA) is 56.7 Å². The molecular formula is C11H21FN4. The Morgan fingerprint density at radius 1 is 1.56 bits per heavy atom.